The Morgan fingerprint density at radius 3 is 0.933 bits per heavy atom. The summed E-state index contributed by atoms with van der Waals surface area (Å²) in [6.45, 7) is 0. The lowest BCUT2D eigenvalue weighted by atomic mass is 9.64. The molecule has 0 amide bonds. The summed E-state index contributed by atoms with van der Waals surface area (Å²) in [6, 6.07) is 30.3. The normalized spacial score (nSPS) is 26.2. The molecule has 0 aliphatic heterocycles. The number of hydrogen-bond acceptors (Lipinski definition) is 4. The predicted molar refractivity (Wildman–Crippen MR) is 299 cm³/mol. The molecule has 0 N–H and O–H groups in total. The Balaban J connectivity index is 1.08. The predicted octanol–water partition coefficient (Wildman–Crippen LogP) is 17.5. The zero-order chi connectivity index (χ0) is 48.8. The van der Waals surface area contributed by atoms with Crippen LogP contribution in [0.25, 0.3) is 109 Å². The van der Waals surface area contributed by atoms with Crippen molar-refractivity contribution >= 4 is 109 Å². The maximum atomic E-state index is 11.2. The van der Waals surface area contributed by atoms with Gasteiger partial charge in [-0.2, -0.15) is 21.0 Å². The fourth-order valence-corrected chi connectivity index (χ4v) is 20.5. The van der Waals surface area contributed by atoms with Crippen LogP contribution in [0, 0.1) is 51.2 Å². The van der Waals surface area contributed by atoms with Gasteiger partial charge in [-0.1, -0.05) is 24.3 Å². The van der Waals surface area contributed by atoms with E-state index in [1.54, 1.807) is 0 Å². The summed E-state index contributed by atoms with van der Waals surface area (Å²) >= 11 is 0. The van der Waals surface area contributed by atoms with Gasteiger partial charge in [-0.05, 0) is 258 Å². The molecule has 75 heavy (non-hydrogen) atoms. The molecule has 0 spiro atoms. The molecular formula is C69H50N6. The Labute approximate surface area is 432 Å². The van der Waals surface area contributed by atoms with E-state index >= 15 is 0 Å². The van der Waals surface area contributed by atoms with Gasteiger partial charge in [0.15, 0.2) is 0 Å². The molecule has 356 valence electrons. The van der Waals surface area contributed by atoms with E-state index in [1.165, 1.54) is 182 Å². The van der Waals surface area contributed by atoms with Crippen LogP contribution in [-0.2, 0) is 6.42 Å². The minimum atomic E-state index is 0.402. The molecule has 0 unspecified atom stereocenters. The number of nitrogens with zero attached hydrogens (tertiary/aromatic N) is 6. The van der Waals surface area contributed by atoms with Crippen molar-refractivity contribution in [1.82, 2.24) is 8.80 Å². The molecule has 0 radical (unpaired) electrons. The second-order valence-corrected chi connectivity index (χ2v) is 25.6. The third-order valence-electron chi connectivity index (χ3n) is 23.1. The average molecular weight is 963 g/mol. The van der Waals surface area contributed by atoms with Crippen LogP contribution in [0.2, 0.25) is 0 Å². The van der Waals surface area contributed by atoms with E-state index in [0.29, 0.717) is 47.3 Å². The molecule has 12 aromatic rings. The minimum absolute atomic E-state index is 0.402. The molecule has 8 aromatic carbocycles. The molecule has 6 nitrogen and oxygen atoms in total. The van der Waals surface area contributed by atoms with Gasteiger partial charge >= 0.3 is 0 Å². The smallest absolute Gasteiger partial charge is 0.0995 e. The first-order chi connectivity index (χ1) is 37.0. The van der Waals surface area contributed by atoms with Gasteiger partial charge in [-0.15, -0.1) is 0 Å². The first-order valence-electron chi connectivity index (χ1n) is 28.9. The van der Waals surface area contributed by atoms with Crippen molar-refractivity contribution in [3.8, 4) is 24.3 Å². The number of aromatic nitrogens is 2. The van der Waals surface area contributed by atoms with Crippen molar-refractivity contribution in [1.29, 1.82) is 21.0 Å². The van der Waals surface area contributed by atoms with Crippen molar-refractivity contribution in [3.05, 3.63) is 115 Å². The van der Waals surface area contributed by atoms with Crippen LogP contribution in [-0.4, -0.2) is 8.80 Å². The fraction of sp³-hybridized carbons (Fsp3) is 0.362. The number of nitriles is 4. The van der Waals surface area contributed by atoms with E-state index in [9.17, 15) is 21.0 Å². The van der Waals surface area contributed by atoms with E-state index in [-0.39, 0.29) is 0 Å². The van der Waals surface area contributed by atoms with Crippen LogP contribution >= 0.6 is 0 Å². The van der Waals surface area contributed by atoms with Crippen LogP contribution in [0.3, 0.4) is 0 Å². The Morgan fingerprint density at radius 2 is 0.587 bits per heavy atom. The summed E-state index contributed by atoms with van der Waals surface area (Å²) in [5.41, 5.74) is 21.6. The van der Waals surface area contributed by atoms with Crippen LogP contribution in [0.1, 0.15) is 211 Å². The summed E-state index contributed by atoms with van der Waals surface area (Å²) in [6.07, 6.45) is 19.7. The standard InChI is InChI=1S/C69H50N6/c70-26-38-22-47-60(46-21-30-1-3-31(4-2-30)51(38)46)61-42-17-18-44-59-45(20-19-43(58(42)59)62-65-48(74(47)68(61)62)23-39(27-71)52-32-5-11-35(12-6-32)55(52)65)64-67-50(25-41(29-73)54-34-9-15-37(16-10-34)57(54)67)75-49-24-40(28-72)53-33-7-13-36(14-8-33)56(53)66(49)63(44)69(64)75/h17-20,22-25,30-37H,1-16,21H2. The van der Waals surface area contributed by atoms with Gasteiger partial charge in [0.05, 0.1) is 79.6 Å². The Morgan fingerprint density at radius 1 is 0.307 bits per heavy atom. The average Bonchev–Trinajstić information content (AvgIpc) is 4.34. The van der Waals surface area contributed by atoms with Crippen LogP contribution in [0.4, 0.5) is 0 Å². The molecular weight excluding hydrogens is 913 g/mol. The van der Waals surface area contributed by atoms with Crippen molar-refractivity contribution in [2.75, 3.05) is 0 Å². The largest absolute Gasteiger partial charge is 0.308 e. The summed E-state index contributed by atoms with van der Waals surface area (Å²) in [5.74, 6) is 3.50. The number of hydrogen-bond donors (Lipinski definition) is 0. The van der Waals surface area contributed by atoms with Gasteiger partial charge < -0.3 is 8.80 Å². The first kappa shape index (κ1) is 39.8. The molecule has 8 bridgehead atoms. The Bertz CT molecular complexity index is 4820. The van der Waals surface area contributed by atoms with Crippen LogP contribution in [0.15, 0.2) is 48.5 Å². The SMILES string of the molecule is N#Cc1cc2c(c3c1C1CCC(CC1)C3)c1c3ccc4c5c(ccc(c35)c3c5c6c(c(C#N)cc5n2c13)C1CCC6CC1)c1c2c3c(c(C#N)cc2n2c5cc(C#N)c6c(c5c4c12)C1CCC6CC1)C1CCC3CC1. The summed E-state index contributed by atoms with van der Waals surface area (Å²) in [4.78, 5) is 0. The maximum absolute atomic E-state index is 11.2. The van der Waals surface area contributed by atoms with Gasteiger partial charge in [0.2, 0.25) is 0 Å². The molecule has 0 atom stereocenters. The highest BCUT2D eigenvalue weighted by atomic mass is 14.9. The quantitative estimate of drug-likeness (QED) is 0.141. The Hall–Kier alpha value is -7.64. The van der Waals surface area contributed by atoms with Gasteiger partial charge in [-0.25, -0.2) is 0 Å². The molecule has 4 fully saturated rings. The second-order valence-electron chi connectivity index (χ2n) is 25.6. The lowest BCUT2D eigenvalue weighted by molar-refractivity contribution is 0.344. The van der Waals surface area contributed by atoms with Crippen molar-refractivity contribution in [2.24, 2.45) is 5.92 Å². The summed E-state index contributed by atoms with van der Waals surface area (Å²) in [5, 5.41) is 63.3. The highest BCUT2D eigenvalue weighted by Crippen LogP contribution is 2.63. The summed E-state index contributed by atoms with van der Waals surface area (Å²) < 4.78 is 5.12. The van der Waals surface area contributed by atoms with Gasteiger partial charge in [0.25, 0.3) is 0 Å². The monoisotopic (exact) mass is 962 g/mol. The molecule has 0 saturated heterocycles. The Kier molecular flexibility index (Phi) is 6.92. The van der Waals surface area contributed by atoms with E-state index in [1.807, 2.05) is 0 Å². The highest BCUT2D eigenvalue weighted by molar-refractivity contribution is 6.48. The van der Waals surface area contributed by atoms with E-state index in [2.05, 4.69) is 81.6 Å². The fourth-order valence-electron chi connectivity index (χ4n) is 20.5. The first-order valence-corrected chi connectivity index (χ1v) is 28.9. The lowest BCUT2D eigenvalue weighted by Gasteiger charge is -2.40. The van der Waals surface area contributed by atoms with Crippen LogP contribution < -0.4 is 0 Å². The number of fused-ring (bicyclic) bond motifs is 24. The van der Waals surface area contributed by atoms with Crippen molar-refractivity contribution < 1.29 is 0 Å². The topological polar surface area (TPSA) is 104 Å². The molecule has 24 rings (SSSR count). The van der Waals surface area contributed by atoms with E-state index in [0.717, 1.165) is 102 Å². The lowest BCUT2D eigenvalue weighted by Crippen LogP contribution is -2.23. The van der Waals surface area contributed by atoms with Crippen molar-refractivity contribution in [2.45, 2.75) is 151 Å². The number of rotatable bonds is 0. The zero-order valence-electron chi connectivity index (χ0n) is 41.9. The minimum Gasteiger partial charge on any atom is -0.308 e. The van der Waals surface area contributed by atoms with E-state index < -0.39 is 0 Å². The highest BCUT2D eigenvalue weighted by Gasteiger charge is 2.44. The molecule has 6 heteroatoms. The van der Waals surface area contributed by atoms with Gasteiger partial charge in [-0.3, -0.25) is 0 Å². The maximum Gasteiger partial charge on any atom is 0.0995 e. The summed E-state index contributed by atoms with van der Waals surface area (Å²) in [7, 11) is 0. The van der Waals surface area contributed by atoms with Gasteiger partial charge in [0.1, 0.15) is 0 Å². The molecule has 12 aliphatic carbocycles. The third-order valence-corrected chi connectivity index (χ3v) is 23.1. The number of benzene rings is 8. The molecule has 12 aliphatic rings. The third kappa shape index (κ3) is 4.25. The molecule has 4 saturated carbocycles. The second kappa shape index (κ2) is 13.1. The zero-order valence-corrected chi connectivity index (χ0v) is 41.9. The van der Waals surface area contributed by atoms with E-state index in [4.69, 9.17) is 0 Å². The van der Waals surface area contributed by atoms with Gasteiger partial charge in [0, 0.05) is 43.1 Å². The van der Waals surface area contributed by atoms with Crippen LogP contribution in [0.5, 0.6) is 0 Å². The molecule has 4 aromatic heterocycles. The molecule has 4 heterocycles. The van der Waals surface area contributed by atoms with Crippen molar-refractivity contribution in [3.63, 3.8) is 0 Å².